The van der Waals surface area contributed by atoms with Crippen LogP contribution in [0.3, 0.4) is 0 Å². The Bertz CT molecular complexity index is 147. The van der Waals surface area contributed by atoms with E-state index in [9.17, 15) is 0 Å². The van der Waals surface area contributed by atoms with Crippen LogP contribution in [0.2, 0.25) is 0 Å². The van der Waals surface area contributed by atoms with Crippen molar-refractivity contribution in [1.82, 2.24) is 0 Å². The molecule has 0 saturated carbocycles. The van der Waals surface area contributed by atoms with Crippen molar-refractivity contribution in [1.29, 1.82) is 0 Å². The quantitative estimate of drug-likeness (QED) is 0.554. The highest BCUT2D eigenvalue weighted by Gasteiger charge is 2.14. The van der Waals surface area contributed by atoms with Gasteiger partial charge in [0.1, 0.15) is 0 Å². The van der Waals surface area contributed by atoms with Gasteiger partial charge >= 0.3 is 0 Å². The van der Waals surface area contributed by atoms with E-state index in [4.69, 9.17) is 5.73 Å². The summed E-state index contributed by atoms with van der Waals surface area (Å²) in [5.74, 6) is 0. The lowest BCUT2D eigenvalue weighted by Gasteiger charge is -2.23. The van der Waals surface area contributed by atoms with Gasteiger partial charge in [-0.15, -0.1) is 0 Å². The molecule has 58 valence electrons. The standard InChI is InChI=1S/C9H17N/c1-3-8-7(2)5-4-6-9(8)10/h9H,3-6,10H2,1-2H3. The van der Waals surface area contributed by atoms with E-state index in [1.807, 2.05) is 0 Å². The SMILES string of the molecule is CCC1=C(C)CCCC1N. The van der Waals surface area contributed by atoms with Crippen LogP contribution in [-0.2, 0) is 0 Å². The molecule has 10 heavy (non-hydrogen) atoms. The molecule has 0 bridgehead atoms. The third kappa shape index (κ3) is 1.40. The van der Waals surface area contributed by atoms with Crippen molar-refractivity contribution in [2.45, 2.75) is 45.6 Å². The summed E-state index contributed by atoms with van der Waals surface area (Å²) in [4.78, 5) is 0. The summed E-state index contributed by atoms with van der Waals surface area (Å²) in [6, 6.07) is 0.374. The Morgan fingerprint density at radius 2 is 2.30 bits per heavy atom. The maximum Gasteiger partial charge on any atom is 0.0256 e. The number of hydrogen-bond donors (Lipinski definition) is 1. The number of nitrogens with two attached hydrogens (primary N) is 1. The number of hydrogen-bond acceptors (Lipinski definition) is 1. The molecule has 0 fully saturated rings. The van der Waals surface area contributed by atoms with Crippen molar-refractivity contribution in [3.05, 3.63) is 11.1 Å². The molecule has 0 aromatic carbocycles. The van der Waals surface area contributed by atoms with E-state index >= 15 is 0 Å². The van der Waals surface area contributed by atoms with Crippen molar-refractivity contribution in [3.63, 3.8) is 0 Å². The fourth-order valence-corrected chi connectivity index (χ4v) is 1.80. The van der Waals surface area contributed by atoms with E-state index in [0.29, 0.717) is 6.04 Å². The topological polar surface area (TPSA) is 26.0 Å². The van der Waals surface area contributed by atoms with Crippen molar-refractivity contribution < 1.29 is 0 Å². The molecule has 0 heterocycles. The van der Waals surface area contributed by atoms with Crippen LogP contribution in [0.1, 0.15) is 39.5 Å². The summed E-state index contributed by atoms with van der Waals surface area (Å²) in [7, 11) is 0. The van der Waals surface area contributed by atoms with Crippen LogP contribution in [0.5, 0.6) is 0 Å². The first-order valence-electron chi connectivity index (χ1n) is 4.19. The van der Waals surface area contributed by atoms with Crippen molar-refractivity contribution in [2.75, 3.05) is 0 Å². The molecule has 0 aliphatic heterocycles. The Morgan fingerprint density at radius 3 is 2.70 bits per heavy atom. The van der Waals surface area contributed by atoms with Crippen LogP contribution < -0.4 is 5.73 Å². The third-order valence-electron chi connectivity index (χ3n) is 2.44. The molecule has 1 nitrogen and oxygen atoms in total. The van der Waals surface area contributed by atoms with Gasteiger partial charge in [0.15, 0.2) is 0 Å². The predicted octanol–water partition coefficient (Wildman–Crippen LogP) is 2.22. The number of allylic oxidation sites excluding steroid dienone is 1. The van der Waals surface area contributed by atoms with E-state index in [2.05, 4.69) is 13.8 Å². The fourth-order valence-electron chi connectivity index (χ4n) is 1.80. The Morgan fingerprint density at radius 1 is 1.60 bits per heavy atom. The molecule has 0 saturated heterocycles. The highest BCUT2D eigenvalue weighted by atomic mass is 14.6. The summed E-state index contributed by atoms with van der Waals surface area (Å²) in [5, 5.41) is 0. The molecule has 0 aromatic heterocycles. The van der Waals surface area contributed by atoms with Gasteiger partial charge in [-0.3, -0.25) is 0 Å². The zero-order valence-electron chi connectivity index (χ0n) is 6.98. The lowest BCUT2D eigenvalue weighted by atomic mass is 9.88. The predicted molar refractivity (Wildman–Crippen MR) is 44.8 cm³/mol. The zero-order valence-corrected chi connectivity index (χ0v) is 6.98. The first-order valence-corrected chi connectivity index (χ1v) is 4.19. The van der Waals surface area contributed by atoms with Gasteiger partial charge in [0.2, 0.25) is 0 Å². The average molecular weight is 139 g/mol. The highest BCUT2D eigenvalue weighted by molar-refractivity contribution is 5.20. The summed E-state index contributed by atoms with van der Waals surface area (Å²) in [5.41, 5.74) is 8.97. The van der Waals surface area contributed by atoms with Gasteiger partial charge in [-0.25, -0.2) is 0 Å². The normalized spacial score (nSPS) is 27.3. The van der Waals surface area contributed by atoms with Crippen molar-refractivity contribution in [2.24, 2.45) is 5.73 Å². The summed E-state index contributed by atoms with van der Waals surface area (Å²) >= 11 is 0. The maximum absolute atomic E-state index is 5.92. The Labute approximate surface area is 63.3 Å². The first kappa shape index (κ1) is 7.80. The van der Waals surface area contributed by atoms with Crippen molar-refractivity contribution in [3.8, 4) is 0 Å². The first-order chi connectivity index (χ1) is 4.75. The second-order valence-electron chi connectivity index (χ2n) is 3.16. The lowest BCUT2D eigenvalue weighted by molar-refractivity contribution is 0.580. The molecule has 0 amide bonds. The molecule has 1 rings (SSSR count). The van der Waals surface area contributed by atoms with Crippen LogP contribution >= 0.6 is 0 Å². The Hall–Kier alpha value is -0.300. The fraction of sp³-hybridized carbons (Fsp3) is 0.778. The van der Waals surface area contributed by atoms with Crippen LogP contribution in [-0.4, -0.2) is 6.04 Å². The minimum atomic E-state index is 0.374. The second kappa shape index (κ2) is 3.20. The monoisotopic (exact) mass is 139 g/mol. The van der Waals surface area contributed by atoms with Crippen LogP contribution in [0.15, 0.2) is 11.1 Å². The molecular weight excluding hydrogens is 122 g/mol. The third-order valence-corrected chi connectivity index (χ3v) is 2.44. The minimum absolute atomic E-state index is 0.374. The van der Waals surface area contributed by atoms with Crippen molar-refractivity contribution >= 4 is 0 Å². The van der Waals surface area contributed by atoms with E-state index < -0.39 is 0 Å². The summed E-state index contributed by atoms with van der Waals surface area (Å²) in [6.45, 7) is 4.42. The van der Waals surface area contributed by atoms with Crippen LogP contribution in [0, 0.1) is 0 Å². The minimum Gasteiger partial charge on any atom is -0.324 e. The molecule has 1 atom stereocenters. The van der Waals surface area contributed by atoms with E-state index in [0.717, 1.165) is 6.42 Å². The van der Waals surface area contributed by atoms with E-state index in [1.165, 1.54) is 24.8 Å². The lowest BCUT2D eigenvalue weighted by Crippen LogP contribution is -2.26. The molecular formula is C9H17N. The van der Waals surface area contributed by atoms with Gasteiger partial charge < -0.3 is 5.73 Å². The molecule has 0 aromatic rings. The van der Waals surface area contributed by atoms with Gasteiger partial charge in [0.05, 0.1) is 0 Å². The van der Waals surface area contributed by atoms with E-state index in [-0.39, 0.29) is 0 Å². The molecule has 0 spiro atoms. The molecule has 2 N–H and O–H groups in total. The van der Waals surface area contributed by atoms with Gasteiger partial charge in [-0.05, 0) is 32.6 Å². The highest BCUT2D eigenvalue weighted by Crippen LogP contribution is 2.25. The maximum atomic E-state index is 5.92. The van der Waals surface area contributed by atoms with Crippen LogP contribution in [0.25, 0.3) is 0 Å². The Balaban J connectivity index is 2.73. The smallest absolute Gasteiger partial charge is 0.0256 e. The van der Waals surface area contributed by atoms with Gasteiger partial charge in [0.25, 0.3) is 0 Å². The van der Waals surface area contributed by atoms with Crippen LogP contribution in [0.4, 0.5) is 0 Å². The van der Waals surface area contributed by atoms with E-state index in [1.54, 1.807) is 5.57 Å². The van der Waals surface area contributed by atoms with Gasteiger partial charge in [-0.1, -0.05) is 18.1 Å². The second-order valence-corrected chi connectivity index (χ2v) is 3.16. The average Bonchev–Trinajstić information content (AvgIpc) is 1.88. The molecule has 1 heteroatoms. The molecule has 1 aliphatic rings. The Kier molecular flexibility index (Phi) is 2.50. The number of rotatable bonds is 1. The largest absolute Gasteiger partial charge is 0.324 e. The molecule has 0 radical (unpaired) electrons. The molecule has 1 unspecified atom stereocenters. The molecule has 1 aliphatic carbocycles. The summed E-state index contributed by atoms with van der Waals surface area (Å²) in [6.07, 6.45) is 4.90. The summed E-state index contributed by atoms with van der Waals surface area (Å²) < 4.78 is 0. The van der Waals surface area contributed by atoms with Gasteiger partial charge in [0, 0.05) is 6.04 Å². The van der Waals surface area contributed by atoms with Gasteiger partial charge in [-0.2, -0.15) is 0 Å². The zero-order chi connectivity index (χ0) is 7.56.